The number of halogens is 1. The molecule has 0 aliphatic heterocycles. The number of nitrogens with one attached hydrogen (secondary N) is 2. The van der Waals surface area contributed by atoms with Crippen molar-refractivity contribution in [1.82, 2.24) is 14.9 Å². The van der Waals surface area contributed by atoms with Gasteiger partial charge in [0, 0.05) is 19.2 Å². The summed E-state index contributed by atoms with van der Waals surface area (Å²) >= 11 is 7.31. The number of anilines is 1. The topological polar surface area (TPSA) is 102 Å². The molecule has 0 bridgehead atoms. The highest BCUT2D eigenvalue weighted by Crippen LogP contribution is 2.23. The van der Waals surface area contributed by atoms with Crippen molar-refractivity contribution in [3.05, 3.63) is 99.3 Å². The Bertz CT molecular complexity index is 1470. The Morgan fingerprint density at radius 1 is 1.03 bits per heavy atom. The molecular weight excluding hydrogens is 512 g/mol. The standard InChI is InChI=1S/C27H25ClN4O4S/c1-36-15-14-29-25(34)19-12-10-18(11-13-19)16-32-26(35)20-6-2-4-8-22(20)31-27(32)37-17-24(33)30-23-9-5-3-7-21(23)28/h2-13H,14-17H2,1H3,(H,29,34)(H,30,33). The summed E-state index contributed by atoms with van der Waals surface area (Å²) in [6, 6.07) is 21.1. The van der Waals surface area contributed by atoms with Gasteiger partial charge in [0.1, 0.15) is 0 Å². The summed E-state index contributed by atoms with van der Waals surface area (Å²) in [5.74, 6) is -0.429. The molecule has 2 amide bonds. The fraction of sp³-hybridized carbons (Fsp3) is 0.185. The predicted octanol–water partition coefficient (Wildman–Crippen LogP) is 4.21. The molecule has 0 saturated heterocycles. The molecule has 0 radical (unpaired) electrons. The van der Waals surface area contributed by atoms with Gasteiger partial charge in [0.2, 0.25) is 5.91 Å². The van der Waals surface area contributed by atoms with Gasteiger partial charge in [-0.1, -0.05) is 59.8 Å². The molecule has 37 heavy (non-hydrogen) atoms. The molecule has 0 atom stereocenters. The molecule has 1 heterocycles. The van der Waals surface area contributed by atoms with Crippen molar-refractivity contribution in [2.75, 3.05) is 31.3 Å². The van der Waals surface area contributed by atoms with E-state index in [0.717, 1.165) is 5.56 Å². The van der Waals surface area contributed by atoms with Gasteiger partial charge in [-0.3, -0.25) is 19.0 Å². The van der Waals surface area contributed by atoms with Crippen LogP contribution in [0.25, 0.3) is 10.9 Å². The quantitative estimate of drug-likeness (QED) is 0.179. The number of amides is 2. The van der Waals surface area contributed by atoms with Crippen LogP contribution in [0, 0.1) is 0 Å². The third-order valence-electron chi connectivity index (χ3n) is 5.46. The van der Waals surface area contributed by atoms with Gasteiger partial charge in [0.05, 0.1) is 40.5 Å². The highest BCUT2D eigenvalue weighted by atomic mass is 35.5. The molecular formula is C27H25ClN4O4S. The molecule has 1 aromatic heterocycles. The number of nitrogens with zero attached hydrogens (tertiary/aromatic N) is 2. The number of thioether (sulfide) groups is 1. The van der Waals surface area contributed by atoms with E-state index >= 15 is 0 Å². The fourth-order valence-corrected chi connectivity index (χ4v) is 4.57. The van der Waals surface area contributed by atoms with Crippen molar-refractivity contribution >= 4 is 51.8 Å². The summed E-state index contributed by atoms with van der Waals surface area (Å²) in [6.07, 6.45) is 0. The molecule has 190 valence electrons. The SMILES string of the molecule is COCCNC(=O)c1ccc(Cn2c(SCC(=O)Nc3ccccc3Cl)nc3ccccc3c2=O)cc1. The zero-order valence-electron chi connectivity index (χ0n) is 20.1. The van der Waals surface area contributed by atoms with Crippen LogP contribution in [0.2, 0.25) is 5.02 Å². The molecule has 0 saturated carbocycles. The van der Waals surface area contributed by atoms with Crippen molar-refractivity contribution in [2.24, 2.45) is 0 Å². The number of hydrogen-bond donors (Lipinski definition) is 2. The second kappa shape index (κ2) is 12.5. The Hall–Kier alpha value is -3.66. The van der Waals surface area contributed by atoms with E-state index in [4.69, 9.17) is 16.3 Å². The number of benzene rings is 3. The number of carbonyl (C=O) groups excluding carboxylic acids is 2. The first kappa shape index (κ1) is 26.4. The van der Waals surface area contributed by atoms with E-state index in [1.165, 1.54) is 11.8 Å². The van der Waals surface area contributed by atoms with Crippen LogP contribution in [-0.4, -0.2) is 47.4 Å². The van der Waals surface area contributed by atoms with Crippen LogP contribution in [0.5, 0.6) is 0 Å². The highest BCUT2D eigenvalue weighted by molar-refractivity contribution is 7.99. The minimum atomic E-state index is -0.268. The maximum absolute atomic E-state index is 13.4. The number of rotatable bonds is 10. The molecule has 2 N–H and O–H groups in total. The van der Waals surface area contributed by atoms with Crippen LogP contribution in [-0.2, 0) is 16.1 Å². The minimum Gasteiger partial charge on any atom is -0.383 e. The fourth-order valence-electron chi connectivity index (χ4n) is 3.59. The van der Waals surface area contributed by atoms with Gasteiger partial charge in [-0.2, -0.15) is 0 Å². The van der Waals surface area contributed by atoms with Crippen LogP contribution in [0.1, 0.15) is 15.9 Å². The lowest BCUT2D eigenvalue weighted by Crippen LogP contribution is -2.27. The maximum Gasteiger partial charge on any atom is 0.262 e. The highest BCUT2D eigenvalue weighted by Gasteiger charge is 2.15. The second-order valence-corrected chi connectivity index (χ2v) is 9.41. The van der Waals surface area contributed by atoms with E-state index in [1.807, 2.05) is 6.07 Å². The van der Waals surface area contributed by atoms with Crippen LogP contribution >= 0.6 is 23.4 Å². The monoisotopic (exact) mass is 536 g/mol. The number of aromatic nitrogens is 2. The van der Waals surface area contributed by atoms with Crippen molar-refractivity contribution in [1.29, 1.82) is 0 Å². The number of methoxy groups -OCH3 is 1. The summed E-state index contributed by atoms with van der Waals surface area (Å²) in [7, 11) is 1.57. The van der Waals surface area contributed by atoms with Gasteiger partial charge < -0.3 is 15.4 Å². The Morgan fingerprint density at radius 3 is 2.51 bits per heavy atom. The molecule has 0 fully saturated rings. The smallest absolute Gasteiger partial charge is 0.262 e. The first-order valence-electron chi connectivity index (χ1n) is 11.5. The number of hydrogen-bond acceptors (Lipinski definition) is 6. The Morgan fingerprint density at radius 2 is 1.76 bits per heavy atom. The molecule has 3 aromatic carbocycles. The molecule has 4 aromatic rings. The first-order valence-corrected chi connectivity index (χ1v) is 12.9. The Kier molecular flexibility index (Phi) is 8.95. The maximum atomic E-state index is 13.4. The van der Waals surface area contributed by atoms with Gasteiger partial charge >= 0.3 is 0 Å². The lowest BCUT2D eigenvalue weighted by Gasteiger charge is -2.14. The molecule has 0 aliphatic rings. The zero-order valence-corrected chi connectivity index (χ0v) is 21.6. The van der Waals surface area contributed by atoms with Crippen LogP contribution in [0.15, 0.2) is 82.7 Å². The summed E-state index contributed by atoms with van der Waals surface area (Å²) < 4.78 is 6.50. The van der Waals surface area contributed by atoms with Crippen LogP contribution in [0.3, 0.4) is 0 Å². The number of fused-ring (bicyclic) bond motifs is 1. The van der Waals surface area contributed by atoms with Gasteiger partial charge in [0.25, 0.3) is 11.5 Å². The van der Waals surface area contributed by atoms with Gasteiger partial charge in [-0.25, -0.2) is 4.98 Å². The molecule has 0 spiro atoms. The van der Waals surface area contributed by atoms with E-state index in [-0.39, 0.29) is 29.7 Å². The summed E-state index contributed by atoms with van der Waals surface area (Å²) in [5.41, 5.74) is 2.19. The third kappa shape index (κ3) is 6.76. The third-order valence-corrected chi connectivity index (χ3v) is 6.76. The summed E-state index contributed by atoms with van der Waals surface area (Å²) in [5, 5.41) is 6.91. The lowest BCUT2D eigenvalue weighted by atomic mass is 10.1. The van der Waals surface area contributed by atoms with E-state index in [2.05, 4.69) is 15.6 Å². The average molecular weight is 537 g/mol. The first-order chi connectivity index (χ1) is 18.0. The van der Waals surface area contributed by atoms with Gasteiger partial charge in [-0.15, -0.1) is 0 Å². The second-order valence-electron chi connectivity index (χ2n) is 8.07. The summed E-state index contributed by atoms with van der Waals surface area (Å²) in [6.45, 7) is 1.08. The van der Waals surface area contributed by atoms with E-state index < -0.39 is 0 Å². The Labute approximate surface area is 223 Å². The molecule has 8 nitrogen and oxygen atoms in total. The van der Waals surface area contributed by atoms with Crippen LogP contribution in [0.4, 0.5) is 5.69 Å². The lowest BCUT2D eigenvalue weighted by molar-refractivity contribution is -0.113. The molecule has 0 unspecified atom stereocenters. The van der Waals surface area contributed by atoms with Gasteiger partial charge in [0.15, 0.2) is 5.16 Å². The number of para-hydroxylation sites is 2. The molecule has 4 rings (SSSR count). The number of ether oxygens (including phenoxy) is 1. The summed E-state index contributed by atoms with van der Waals surface area (Å²) in [4.78, 5) is 42.9. The van der Waals surface area contributed by atoms with Crippen molar-refractivity contribution < 1.29 is 14.3 Å². The van der Waals surface area contributed by atoms with Crippen molar-refractivity contribution in [3.8, 4) is 0 Å². The molecule has 0 aliphatic carbocycles. The minimum absolute atomic E-state index is 0.0383. The van der Waals surface area contributed by atoms with E-state index in [1.54, 1.807) is 78.4 Å². The zero-order chi connectivity index (χ0) is 26.2. The molecule has 10 heteroatoms. The van der Waals surface area contributed by atoms with Crippen molar-refractivity contribution in [2.45, 2.75) is 11.7 Å². The Balaban J connectivity index is 1.55. The van der Waals surface area contributed by atoms with Crippen LogP contribution < -0.4 is 16.2 Å². The number of carbonyl (C=O) groups is 2. The largest absolute Gasteiger partial charge is 0.383 e. The van der Waals surface area contributed by atoms with E-state index in [0.29, 0.717) is 45.5 Å². The van der Waals surface area contributed by atoms with Crippen molar-refractivity contribution in [3.63, 3.8) is 0 Å². The normalized spacial score (nSPS) is 10.9. The van der Waals surface area contributed by atoms with E-state index in [9.17, 15) is 14.4 Å². The van der Waals surface area contributed by atoms with Gasteiger partial charge in [-0.05, 0) is 42.0 Å². The average Bonchev–Trinajstić information content (AvgIpc) is 2.91. The predicted molar refractivity (Wildman–Crippen MR) is 147 cm³/mol.